The fourth-order valence-electron chi connectivity index (χ4n) is 1.99. The maximum absolute atomic E-state index is 5.44. The van der Waals surface area contributed by atoms with Crippen molar-refractivity contribution < 1.29 is 0 Å². The second kappa shape index (κ2) is 7.21. The molecule has 0 aromatic rings. The van der Waals surface area contributed by atoms with Crippen LogP contribution in [0.1, 0.15) is 39.0 Å². The predicted molar refractivity (Wildman–Crippen MR) is 60.9 cm³/mol. The molecule has 0 aromatic heterocycles. The lowest BCUT2D eigenvalue weighted by Gasteiger charge is -2.17. The van der Waals surface area contributed by atoms with Gasteiger partial charge in [-0.05, 0) is 31.7 Å². The SMILES string of the molecule is CC[C@H]1CCN(NCCCCCN)C1. The summed E-state index contributed by atoms with van der Waals surface area (Å²) in [7, 11) is 0. The van der Waals surface area contributed by atoms with Gasteiger partial charge in [-0.15, -0.1) is 0 Å². The van der Waals surface area contributed by atoms with Gasteiger partial charge in [0.1, 0.15) is 0 Å². The molecule has 0 aliphatic carbocycles. The van der Waals surface area contributed by atoms with Crippen molar-refractivity contribution in [1.29, 1.82) is 0 Å². The Balaban J connectivity index is 1.92. The molecule has 1 aliphatic heterocycles. The number of rotatable bonds is 7. The number of nitrogens with zero attached hydrogens (tertiary/aromatic N) is 1. The van der Waals surface area contributed by atoms with Gasteiger partial charge in [-0.25, -0.2) is 5.01 Å². The maximum atomic E-state index is 5.44. The quantitative estimate of drug-likeness (QED) is 0.608. The molecule has 1 heterocycles. The summed E-state index contributed by atoms with van der Waals surface area (Å²) in [5, 5.41) is 2.39. The molecule has 3 heteroatoms. The highest BCUT2D eigenvalue weighted by molar-refractivity contribution is 4.71. The minimum atomic E-state index is 0.835. The normalized spacial score (nSPS) is 23.1. The van der Waals surface area contributed by atoms with Crippen molar-refractivity contribution in [2.45, 2.75) is 39.0 Å². The lowest BCUT2D eigenvalue weighted by atomic mass is 10.1. The predicted octanol–water partition coefficient (Wildman–Crippen LogP) is 1.35. The topological polar surface area (TPSA) is 41.3 Å². The third-order valence-electron chi connectivity index (χ3n) is 3.08. The first-order valence-electron chi connectivity index (χ1n) is 6.05. The zero-order chi connectivity index (χ0) is 10.2. The van der Waals surface area contributed by atoms with Crippen LogP contribution in [0.2, 0.25) is 0 Å². The van der Waals surface area contributed by atoms with Crippen molar-refractivity contribution in [2.24, 2.45) is 11.7 Å². The Labute approximate surface area is 88.0 Å². The second-order valence-electron chi connectivity index (χ2n) is 4.27. The minimum Gasteiger partial charge on any atom is -0.330 e. The molecule has 1 saturated heterocycles. The molecule has 0 unspecified atom stereocenters. The largest absolute Gasteiger partial charge is 0.330 e. The van der Waals surface area contributed by atoms with Crippen LogP contribution in [0.15, 0.2) is 0 Å². The standard InChI is InChI=1S/C11H25N3/c1-2-11-6-9-14(10-11)13-8-5-3-4-7-12/h11,13H,2-10,12H2,1H3/t11-/m0/s1. The smallest absolute Gasteiger partial charge is 0.0159 e. The van der Waals surface area contributed by atoms with Gasteiger partial charge in [-0.3, -0.25) is 5.43 Å². The molecule has 84 valence electrons. The van der Waals surface area contributed by atoms with E-state index in [0.29, 0.717) is 0 Å². The lowest BCUT2D eigenvalue weighted by molar-refractivity contribution is 0.224. The van der Waals surface area contributed by atoms with Crippen LogP contribution in [0.5, 0.6) is 0 Å². The molecule has 0 aromatic carbocycles. The summed E-state index contributed by atoms with van der Waals surface area (Å²) < 4.78 is 0. The van der Waals surface area contributed by atoms with E-state index in [-0.39, 0.29) is 0 Å². The van der Waals surface area contributed by atoms with Crippen molar-refractivity contribution >= 4 is 0 Å². The van der Waals surface area contributed by atoms with Crippen LogP contribution < -0.4 is 11.2 Å². The fourth-order valence-corrected chi connectivity index (χ4v) is 1.99. The highest BCUT2D eigenvalue weighted by Crippen LogP contribution is 2.16. The highest BCUT2D eigenvalue weighted by atomic mass is 15.5. The van der Waals surface area contributed by atoms with E-state index >= 15 is 0 Å². The molecule has 0 amide bonds. The van der Waals surface area contributed by atoms with E-state index in [9.17, 15) is 0 Å². The Morgan fingerprint density at radius 2 is 2.21 bits per heavy atom. The average Bonchev–Trinajstić information content (AvgIpc) is 2.65. The van der Waals surface area contributed by atoms with Crippen molar-refractivity contribution in [1.82, 2.24) is 10.4 Å². The van der Waals surface area contributed by atoms with Gasteiger partial charge in [0.2, 0.25) is 0 Å². The first kappa shape index (κ1) is 12.0. The monoisotopic (exact) mass is 199 g/mol. The van der Waals surface area contributed by atoms with Crippen molar-refractivity contribution in [3.63, 3.8) is 0 Å². The molecule has 1 fully saturated rings. The van der Waals surface area contributed by atoms with Gasteiger partial charge in [-0.2, -0.15) is 0 Å². The van der Waals surface area contributed by atoms with Gasteiger partial charge in [0, 0.05) is 19.6 Å². The molecular weight excluding hydrogens is 174 g/mol. The van der Waals surface area contributed by atoms with Gasteiger partial charge in [-0.1, -0.05) is 19.8 Å². The van der Waals surface area contributed by atoms with E-state index in [2.05, 4.69) is 17.4 Å². The van der Waals surface area contributed by atoms with E-state index < -0.39 is 0 Å². The van der Waals surface area contributed by atoms with Gasteiger partial charge in [0.15, 0.2) is 0 Å². The molecule has 0 radical (unpaired) electrons. The third-order valence-corrected chi connectivity index (χ3v) is 3.08. The zero-order valence-corrected chi connectivity index (χ0v) is 9.47. The van der Waals surface area contributed by atoms with E-state index in [1.54, 1.807) is 0 Å². The summed E-state index contributed by atoms with van der Waals surface area (Å²) in [5.41, 5.74) is 8.94. The summed E-state index contributed by atoms with van der Waals surface area (Å²) in [4.78, 5) is 0. The van der Waals surface area contributed by atoms with E-state index in [1.807, 2.05) is 0 Å². The average molecular weight is 199 g/mol. The van der Waals surface area contributed by atoms with Crippen LogP contribution in [0.4, 0.5) is 0 Å². The van der Waals surface area contributed by atoms with Crippen LogP contribution in [-0.2, 0) is 0 Å². The highest BCUT2D eigenvalue weighted by Gasteiger charge is 2.19. The molecule has 14 heavy (non-hydrogen) atoms. The van der Waals surface area contributed by atoms with Crippen LogP contribution in [-0.4, -0.2) is 31.2 Å². The lowest BCUT2D eigenvalue weighted by Crippen LogP contribution is -2.36. The molecule has 1 aliphatic rings. The summed E-state index contributed by atoms with van der Waals surface area (Å²) in [5.74, 6) is 0.923. The molecule has 3 nitrogen and oxygen atoms in total. The Morgan fingerprint density at radius 3 is 2.86 bits per heavy atom. The summed E-state index contributed by atoms with van der Waals surface area (Å²) >= 11 is 0. The van der Waals surface area contributed by atoms with Crippen molar-refractivity contribution in [3.05, 3.63) is 0 Å². The van der Waals surface area contributed by atoms with Crippen LogP contribution in [0, 0.1) is 5.92 Å². The molecule has 0 bridgehead atoms. The zero-order valence-electron chi connectivity index (χ0n) is 9.47. The molecular formula is C11H25N3. The maximum Gasteiger partial charge on any atom is 0.0159 e. The first-order valence-corrected chi connectivity index (χ1v) is 6.05. The van der Waals surface area contributed by atoms with Crippen LogP contribution in [0.25, 0.3) is 0 Å². The Kier molecular flexibility index (Phi) is 6.15. The van der Waals surface area contributed by atoms with Crippen molar-refractivity contribution in [2.75, 3.05) is 26.2 Å². The first-order chi connectivity index (χ1) is 6.86. The number of hydrogen-bond donors (Lipinski definition) is 2. The number of hydrogen-bond acceptors (Lipinski definition) is 3. The number of nitrogens with one attached hydrogen (secondary N) is 1. The van der Waals surface area contributed by atoms with Gasteiger partial charge < -0.3 is 5.73 Å². The van der Waals surface area contributed by atoms with Gasteiger partial charge in [0.25, 0.3) is 0 Å². The van der Waals surface area contributed by atoms with E-state index in [1.165, 1.54) is 45.2 Å². The van der Waals surface area contributed by atoms with E-state index in [4.69, 9.17) is 5.73 Å². The molecule has 3 N–H and O–H groups in total. The second-order valence-corrected chi connectivity index (χ2v) is 4.27. The molecule has 1 rings (SSSR count). The minimum absolute atomic E-state index is 0.835. The van der Waals surface area contributed by atoms with Crippen LogP contribution >= 0.6 is 0 Å². The molecule has 0 spiro atoms. The summed E-state index contributed by atoms with van der Waals surface area (Å²) in [6.45, 7) is 6.72. The van der Waals surface area contributed by atoms with Crippen molar-refractivity contribution in [3.8, 4) is 0 Å². The van der Waals surface area contributed by atoms with Gasteiger partial charge in [0.05, 0.1) is 0 Å². The number of unbranched alkanes of at least 4 members (excludes halogenated alkanes) is 2. The third kappa shape index (κ3) is 4.40. The summed E-state index contributed by atoms with van der Waals surface area (Å²) in [6, 6.07) is 0. The van der Waals surface area contributed by atoms with Gasteiger partial charge >= 0.3 is 0 Å². The number of hydrazine groups is 1. The fraction of sp³-hybridized carbons (Fsp3) is 1.00. The van der Waals surface area contributed by atoms with Crippen LogP contribution in [0.3, 0.4) is 0 Å². The Hall–Kier alpha value is -0.120. The summed E-state index contributed by atoms with van der Waals surface area (Å²) in [6.07, 6.45) is 6.37. The Morgan fingerprint density at radius 1 is 1.36 bits per heavy atom. The number of nitrogens with two attached hydrogens (primary N) is 1. The van der Waals surface area contributed by atoms with E-state index in [0.717, 1.165) is 19.0 Å². The Bertz CT molecular complexity index is 138. The molecule has 0 saturated carbocycles. The molecule has 1 atom stereocenters.